The molecule has 0 aromatic heterocycles. The Balaban J connectivity index is 4.04. The van der Waals surface area contributed by atoms with Crippen LogP contribution in [0.3, 0.4) is 0 Å². The van der Waals surface area contributed by atoms with Crippen molar-refractivity contribution in [2.24, 2.45) is 11.1 Å². The number of hydrogen-bond donors (Lipinski definition) is 2. The molecule has 1 amide bonds. The zero-order valence-corrected chi connectivity index (χ0v) is 11.4. The SMILES string of the molecule is CC(CC(F)(F)F)NC(=O)CC(N)CC(C)(C)C. The molecule has 2 unspecified atom stereocenters. The van der Waals surface area contributed by atoms with Crippen LogP contribution in [0.15, 0.2) is 0 Å². The monoisotopic (exact) mass is 268 g/mol. The first kappa shape index (κ1) is 17.2. The van der Waals surface area contributed by atoms with Crippen LogP contribution >= 0.6 is 0 Å². The Hall–Kier alpha value is -0.780. The van der Waals surface area contributed by atoms with Gasteiger partial charge in [0.1, 0.15) is 0 Å². The Morgan fingerprint density at radius 2 is 1.72 bits per heavy atom. The Morgan fingerprint density at radius 1 is 1.22 bits per heavy atom. The van der Waals surface area contributed by atoms with Crippen molar-refractivity contribution in [1.82, 2.24) is 5.32 Å². The molecule has 0 bridgehead atoms. The molecular formula is C12H23F3N2O. The zero-order chi connectivity index (χ0) is 14.6. The highest BCUT2D eigenvalue weighted by Gasteiger charge is 2.30. The van der Waals surface area contributed by atoms with E-state index in [1.807, 2.05) is 20.8 Å². The third-order valence-corrected chi connectivity index (χ3v) is 2.27. The van der Waals surface area contributed by atoms with Crippen molar-refractivity contribution < 1.29 is 18.0 Å². The van der Waals surface area contributed by atoms with E-state index >= 15 is 0 Å². The maximum absolute atomic E-state index is 12.1. The van der Waals surface area contributed by atoms with Crippen molar-refractivity contribution in [3.05, 3.63) is 0 Å². The van der Waals surface area contributed by atoms with Crippen LogP contribution in [0.25, 0.3) is 0 Å². The van der Waals surface area contributed by atoms with Gasteiger partial charge in [-0.3, -0.25) is 4.79 Å². The molecule has 0 heterocycles. The van der Waals surface area contributed by atoms with Gasteiger partial charge in [-0.1, -0.05) is 20.8 Å². The summed E-state index contributed by atoms with van der Waals surface area (Å²) in [6.45, 7) is 7.33. The van der Waals surface area contributed by atoms with Gasteiger partial charge >= 0.3 is 6.18 Å². The fourth-order valence-electron chi connectivity index (χ4n) is 1.83. The molecule has 0 fully saturated rings. The Morgan fingerprint density at radius 3 is 2.11 bits per heavy atom. The number of rotatable bonds is 5. The first-order chi connectivity index (χ1) is 7.89. The molecule has 3 nitrogen and oxygen atoms in total. The number of nitrogens with two attached hydrogens (primary N) is 1. The number of carbonyl (C=O) groups is 1. The number of amides is 1. The molecule has 0 aromatic rings. The quantitative estimate of drug-likeness (QED) is 0.805. The molecule has 6 heteroatoms. The van der Waals surface area contributed by atoms with E-state index in [1.54, 1.807) is 0 Å². The van der Waals surface area contributed by atoms with E-state index in [-0.39, 0.29) is 17.9 Å². The summed E-state index contributed by atoms with van der Waals surface area (Å²) in [7, 11) is 0. The van der Waals surface area contributed by atoms with Gasteiger partial charge in [0.15, 0.2) is 0 Å². The topological polar surface area (TPSA) is 55.1 Å². The van der Waals surface area contributed by atoms with Gasteiger partial charge in [0.25, 0.3) is 0 Å². The maximum Gasteiger partial charge on any atom is 0.391 e. The highest BCUT2D eigenvalue weighted by atomic mass is 19.4. The smallest absolute Gasteiger partial charge is 0.353 e. The standard InChI is InChI=1S/C12H23F3N2O/c1-8(6-12(13,14)15)17-10(18)5-9(16)7-11(2,3)4/h8-9H,5-7,16H2,1-4H3,(H,17,18). The summed E-state index contributed by atoms with van der Waals surface area (Å²) in [5.41, 5.74) is 5.78. The third kappa shape index (κ3) is 10.4. The minimum Gasteiger partial charge on any atom is -0.353 e. The molecule has 108 valence electrons. The van der Waals surface area contributed by atoms with E-state index in [1.165, 1.54) is 6.92 Å². The molecule has 0 saturated heterocycles. The van der Waals surface area contributed by atoms with Crippen molar-refractivity contribution in [2.45, 2.75) is 65.2 Å². The predicted molar refractivity (Wildman–Crippen MR) is 64.9 cm³/mol. The van der Waals surface area contributed by atoms with E-state index in [0.717, 1.165) is 0 Å². The lowest BCUT2D eigenvalue weighted by Gasteiger charge is -2.23. The Kier molecular flexibility index (Phi) is 6.13. The molecule has 2 atom stereocenters. The van der Waals surface area contributed by atoms with Crippen LogP contribution in [0.5, 0.6) is 0 Å². The van der Waals surface area contributed by atoms with Crippen LogP contribution in [0, 0.1) is 5.41 Å². The normalized spacial score (nSPS) is 16.2. The van der Waals surface area contributed by atoms with Crippen molar-refractivity contribution in [3.8, 4) is 0 Å². The minimum absolute atomic E-state index is 0.00270. The Bertz CT molecular complexity index is 245. The zero-order valence-electron chi connectivity index (χ0n) is 11.4. The number of hydrogen-bond acceptors (Lipinski definition) is 2. The average molecular weight is 268 g/mol. The molecular weight excluding hydrogens is 245 g/mol. The number of halogens is 3. The fraction of sp³-hybridized carbons (Fsp3) is 0.917. The Labute approximate surface area is 106 Å². The summed E-state index contributed by atoms with van der Waals surface area (Å²) in [6, 6.07) is -1.25. The lowest BCUT2D eigenvalue weighted by Crippen LogP contribution is -2.39. The fourth-order valence-corrected chi connectivity index (χ4v) is 1.83. The highest BCUT2D eigenvalue weighted by molar-refractivity contribution is 5.76. The van der Waals surface area contributed by atoms with Crippen molar-refractivity contribution >= 4 is 5.91 Å². The van der Waals surface area contributed by atoms with Crippen molar-refractivity contribution in [2.75, 3.05) is 0 Å². The van der Waals surface area contributed by atoms with Crippen molar-refractivity contribution in [1.29, 1.82) is 0 Å². The molecule has 3 N–H and O–H groups in total. The second-order valence-corrected chi connectivity index (χ2v) is 6.02. The van der Waals surface area contributed by atoms with E-state index < -0.39 is 24.5 Å². The first-order valence-corrected chi connectivity index (χ1v) is 6.01. The summed E-state index contributed by atoms with van der Waals surface area (Å²) in [5.74, 6) is -0.427. The lowest BCUT2D eigenvalue weighted by atomic mass is 9.87. The molecule has 0 aliphatic heterocycles. The molecule has 18 heavy (non-hydrogen) atoms. The van der Waals surface area contributed by atoms with Gasteiger partial charge in [-0.15, -0.1) is 0 Å². The molecule has 0 spiro atoms. The maximum atomic E-state index is 12.1. The third-order valence-electron chi connectivity index (χ3n) is 2.27. The van der Waals surface area contributed by atoms with Crippen LogP contribution in [0.1, 0.15) is 47.0 Å². The van der Waals surface area contributed by atoms with Gasteiger partial charge in [-0.05, 0) is 18.8 Å². The van der Waals surface area contributed by atoms with Gasteiger partial charge in [0.05, 0.1) is 6.42 Å². The first-order valence-electron chi connectivity index (χ1n) is 6.01. The van der Waals surface area contributed by atoms with Crippen LogP contribution < -0.4 is 11.1 Å². The van der Waals surface area contributed by atoms with Crippen LogP contribution in [-0.4, -0.2) is 24.2 Å². The lowest BCUT2D eigenvalue weighted by molar-refractivity contribution is -0.141. The molecule has 0 radical (unpaired) electrons. The van der Waals surface area contributed by atoms with Crippen LogP contribution in [-0.2, 0) is 4.79 Å². The van der Waals surface area contributed by atoms with E-state index in [4.69, 9.17) is 5.73 Å². The van der Waals surface area contributed by atoms with Gasteiger partial charge in [0, 0.05) is 18.5 Å². The average Bonchev–Trinajstić information content (AvgIpc) is 1.92. The van der Waals surface area contributed by atoms with Gasteiger partial charge in [0.2, 0.25) is 5.91 Å². The van der Waals surface area contributed by atoms with E-state index in [2.05, 4.69) is 5.32 Å². The summed E-state index contributed by atoms with van der Waals surface area (Å²) in [4.78, 5) is 11.5. The van der Waals surface area contributed by atoms with Gasteiger partial charge in [-0.25, -0.2) is 0 Å². The summed E-state index contributed by atoms with van der Waals surface area (Å²) >= 11 is 0. The van der Waals surface area contributed by atoms with Crippen molar-refractivity contribution in [3.63, 3.8) is 0 Å². The number of carbonyl (C=O) groups excluding carboxylic acids is 1. The van der Waals surface area contributed by atoms with Crippen LogP contribution in [0.2, 0.25) is 0 Å². The van der Waals surface area contributed by atoms with Gasteiger partial charge < -0.3 is 11.1 Å². The minimum atomic E-state index is -4.26. The summed E-state index contributed by atoms with van der Waals surface area (Å²) < 4.78 is 36.2. The summed E-state index contributed by atoms with van der Waals surface area (Å²) in [5, 5.41) is 2.31. The molecule has 0 saturated carbocycles. The second-order valence-electron chi connectivity index (χ2n) is 6.02. The molecule has 0 aliphatic carbocycles. The van der Waals surface area contributed by atoms with Crippen LogP contribution in [0.4, 0.5) is 13.2 Å². The van der Waals surface area contributed by atoms with E-state index in [0.29, 0.717) is 6.42 Å². The largest absolute Gasteiger partial charge is 0.391 e. The predicted octanol–water partition coefficient (Wildman–Crippen LogP) is 2.60. The number of nitrogens with one attached hydrogen (secondary N) is 1. The number of alkyl halides is 3. The van der Waals surface area contributed by atoms with E-state index in [9.17, 15) is 18.0 Å². The van der Waals surface area contributed by atoms with Gasteiger partial charge in [-0.2, -0.15) is 13.2 Å². The second kappa shape index (κ2) is 6.41. The molecule has 0 aliphatic rings. The summed E-state index contributed by atoms with van der Waals surface area (Å²) in [6.07, 6.45) is -4.58. The highest BCUT2D eigenvalue weighted by Crippen LogP contribution is 2.22. The molecule has 0 aromatic carbocycles. The molecule has 0 rings (SSSR count).